The molecule has 68 valence electrons. The van der Waals surface area contributed by atoms with Gasteiger partial charge >= 0.3 is 39.9 Å². The molecule has 1 heterocycles. The fraction of sp³-hybridized carbons (Fsp3) is 1.00. The molecule has 0 radical (unpaired) electrons. The van der Waals surface area contributed by atoms with Crippen molar-refractivity contribution in [1.82, 2.24) is 5.06 Å². The molecule has 0 atom stereocenters. The van der Waals surface area contributed by atoms with Crippen LogP contribution in [0.15, 0.2) is 0 Å². The molecule has 1 fully saturated rings. The van der Waals surface area contributed by atoms with E-state index < -0.39 is 10.3 Å². The minimum atomic E-state index is -3.80. The van der Waals surface area contributed by atoms with E-state index in [0.29, 0.717) is 13.1 Å². The number of hydroxylamine groups is 2. The molecule has 0 saturated carbocycles. The minimum absolute atomic E-state index is 0. The van der Waals surface area contributed by atoms with Gasteiger partial charge in [0.2, 0.25) is 0 Å². The van der Waals surface area contributed by atoms with Crippen molar-refractivity contribution in [3.05, 3.63) is 0 Å². The first-order chi connectivity index (χ1) is 5.08. The van der Waals surface area contributed by atoms with Crippen LogP contribution in [-0.2, 0) is 14.6 Å². The quantitative estimate of drug-likeness (QED) is 0.479. The molecule has 1 aliphatic rings. The van der Waals surface area contributed by atoms with Gasteiger partial charge in [-0.2, -0.15) is 17.8 Å². The zero-order valence-corrected chi connectivity index (χ0v) is 10.0. The van der Waals surface area contributed by atoms with Gasteiger partial charge in [0.05, 0.1) is 0 Å². The maximum absolute atomic E-state index is 10.4. The smallest absolute Gasteiger partial charge is 1.00 e. The van der Waals surface area contributed by atoms with Gasteiger partial charge in [-0.25, -0.2) is 5.14 Å². The van der Waals surface area contributed by atoms with Gasteiger partial charge in [0.25, 0.3) is 0 Å². The normalized spacial score (nSPS) is 20.1. The number of nitrogens with two attached hydrogens (primary N) is 1. The Kier molecular flexibility index (Phi) is 5.92. The molecule has 0 amide bonds. The summed E-state index contributed by atoms with van der Waals surface area (Å²) in [4.78, 5) is 0. The Morgan fingerprint density at radius 1 is 1.25 bits per heavy atom. The maximum Gasteiger partial charge on any atom is 1.00 e. The van der Waals surface area contributed by atoms with E-state index in [1.54, 1.807) is 0 Å². The fourth-order valence-corrected chi connectivity index (χ4v) is 1.53. The van der Waals surface area contributed by atoms with E-state index in [1.165, 1.54) is 5.06 Å². The summed E-state index contributed by atoms with van der Waals surface area (Å²) in [5, 5.41) is 6.06. The van der Waals surface area contributed by atoms with E-state index in [-0.39, 0.29) is 31.0 Å². The third-order valence-electron chi connectivity index (χ3n) is 1.52. The standard InChI is InChI=1S/C5H12N2O3S.Na.H/c6-11(8,9)10-7-4-2-1-3-5-7;;/h1-5H2,(H2,6,8,9);;/q;+1;-1. The van der Waals surface area contributed by atoms with E-state index in [0.717, 1.165) is 19.3 Å². The summed E-state index contributed by atoms with van der Waals surface area (Å²) < 4.78 is 25.3. The number of rotatable bonds is 2. The number of hydrogen-bond acceptors (Lipinski definition) is 4. The molecular formula is C5H13N2NaO3S. The van der Waals surface area contributed by atoms with Crippen molar-refractivity contribution in [3.8, 4) is 0 Å². The van der Waals surface area contributed by atoms with Gasteiger partial charge in [-0.05, 0) is 12.8 Å². The monoisotopic (exact) mass is 204 g/mol. The van der Waals surface area contributed by atoms with E-state index in [2.05, 4.69) is 9.42 Å². The molecule has 2 N–H and O–H groups in total. The first-order valence-corrected chi connectivity index (χ1v) is 5.02. The van der Waals surface area contributed by atoms with Crippen molar-refractivity contribution in [2.24, 2.45) is 5.14 Å². The van der Waals surface area contributed by atoms with Crippen LogP contribution >= 0.6 is 0 Å². The second-order valence-corrected chi connectivity index (χ2v) is 3.69. The minimum Gasteiger partial charge on any atom is -1.00 e. The van der Waals surface area contributed by atoms with Crippen LogP contribution in [0, 0.1) is 0 Å². The second-order valence-electron chi connectivity index (χ2n) is 2.56. The van der Waals surface area contributed by atoms with Crippen LogP contribution in [0.25, 0.3) is 0 Å². The van der Waals surface area contributed by atoms with E-state index in [4.69, 9.17) is 0 Å². The summed E-state index contributed by atoms with van der Waals surface area (Å²) in [6, 6.07) is 0. The number of piperidine rings is 1. The predicted octanol–water partition coefficient (Wildman–Crippen LogP) is -3.28. The van der Waals surface area contributed by atoms with Crippen LogP contribution in [0.1, 0.15) is 20.7 Å². The zero-order valence-electron chi connectivity index (χ0n) is 8.19. The molecule has 1 saturated heterocycles. The molecule has 0 bridgehead atoms. The molecule has 12 heavy (non-hydrogen) atoms. The number of nitrogens with zero attached hydrogens (tertiary/aromatic N) is 1. The Morgan fingerprint density at radius 2 is 1.75 bits per heavy atom. The molecule has 0 aromatic heterocycles. The molecule has 0 aromatic carbocycles. The van der Waals surface area contributed by atoms with Gasteiger partial charge in [-0.3, -0.25) is 0 Å². The van der Waals surface area contributed by atoms with Gasteiger partial charge in [0.15, 0.2) is 0 Å². The summed E-state index contributed by atoms with van der Waals surface area (Å²) in [6.07, 6.45) is 3.06. The van der Waals surface area contributed by atoms with Crippen LogP contribution in [0.4, 0.5) is 0 Å². The van der Waals surface area contributed by atoms with E-state index in [9.17, 15) is 8.42 Å². The molecule has 7 heteroatoms. The first-order valence-electron chi connectivity index (χ1n) is 3.55. The average molecular weight is 204 g/mol. The second kappa shape index (κ2) is 5.54. The van der Waals surface area contributed by atoms with Crippen LogP contribution in [0.3, 0.4) is 0 Å². The predicted molar refractivity (Wildman–Crippen MR) is 40.7 cm³/mol. The van der Waals surface area contributed by atoms with Crippen molar-refractivity contribution in [2.45, 2.75) is 19.3 Å². The van der Waals surface area contributed by atoms with Crippen molar-refractivity contribution < 1.29 is 43.7 Å². The molecule has 1 rings (SSSR count). The Hall–Kier alpha value is 0.830. The van der Waals surface area contributed by atoms with Crippen LogP contribution in [0.2, 0.25) is 0 Å². The van der Waals surface area contributed by atoms with Gasteiger partial charge < -0.3 is 1.43 Å². The Bertz CT molecular complexity index is 218. The van der Waals surface area contributed by atoms with Crippen LogP contribution in [-0.4, -0.2) is 26.6 Å². The third-order valence-corrected chi connectivity index (χ3v) is 1.94. The maximum atomic E-state index is 10.4. The van der Waals surface area contributed by atoms with Crippen molar-refractivity contribution in [2.75, 3.05) is 13.1 Å². The molecule has 1 aliphatic heterocycles. The van der Waals surface area contributed by atoms with Gasteiger partial charge in [-0.15, -0.1) is 0 Å². The first kappa shape index (κ1) is 12.8. The summed E-state index contributed by atoms with van der Waals surface area (Å²) in [7, 11) is -3.80. The summed E-state index contributed by atoms with van der Waals surface area (Å²) >= 11 is 0. The van der Waals surface area contributed by atoms with E-state index >= 15 is 0 Å². The van der Waals surface area contributed by atoms with Crippen molar-refractivity contribution in [3.63, 3.8) is 0 Å². The van der Waals surface area contributed by atoms with Crippen LogP contribution < -0.4 is 34.7 Å². The summed E-state index contributed by atoms with van der Waals surface area (Å²) in [5.74, 6) is 0. The van der Waals surface area contributed by atoms with Crippen molar-refractivity contribution >= 4 is 10.3 Å². The van der Waals surface area contributed by atoms with Crippen molar-refractivity contribution in [1.29, 1.82) is 0 Å². The average Bonchev–Trinajstić information content (AvgIpc) is 1.85. The Morgan fingerprint density at radius 3 is 2.17 bits per heavy atom. The molecule has 0 aliphatic carbocycles. The van der Waals surface area contributed by atoms with Crippen LogP contribution in [0.5, 0.6) is 0 Å². The fourth-order valence-electron chi connectivity index (χ4n) is 1.09. The van der Waals surface area contributed by atoms with E-state index in [1.807, 2.05) is 0 Å². The molecular weight excluding hydrogens is 191 g/mol. The number of hydrogen-bond donors (Lipinski definition) is 1. The largest absolute Gasteiger partial charge is 1.00 e. The van der Waals surface area contributed by atoms with Gasteiger partial charge in [0, 0.05) is 13.1 Å². The third kappa shape index (κ3) is 5.47. The topological polar surface area (TPSA) is 72.6 Å². The Balaban J connectivity index is 0. The summed E-state index contributed by atoms with van der Waals surface area (Å²) in [6.45, 7) is 1.30. The van der Waals surface area contributed by atoms with Gasteiger partial charge in [0.1, 0.15) is 0 Å². The molecule has 0 aromatic rings. The molecule has 0 unspecified atom stereocenters. The summed E-state index contributed by atoms with van der Waals surface area (Å²) in [5.41, 5.74) is 0. The Labute approximate surface area is 96.2 Å². The van der Waals surface area contributed by atoms with Gasteiger partial charge in [-0.1, -0.05) is 6.42 Å². The molecule has 5 nitrogen and oxygen atoms in total. The SMILES string of the molecule is NS(=O)(=O)ON1CCCCC1.[H-].[Na+]. The zero-order chi connectivity index (χ0) is 8.32. The molecule has 0 spiro atoms.